The molecule has 1 aromatic carbocycles. The molecule has 1 aliphatic carbocycles. The van der Waals surface area contributed by atoms with Crippen molar-refractivity contribution < 1.29 is 0 Å². The summed E-state index contributed by atoms with van der Waals surface area (Å²) >= 11 is 0. The van der Waals surface area contributed by atoms with E-state index >= 15 is 0 Å². The summed E-state index contributed by atoms with van der Waals surface area (Å²) in [5.74, 6) is 0.763. The van der Waals surface area contributed by atoms with E-state index in [-0.39, 0.29) is 5.41 Å². The Hall–Kier alpha value is -1.51. The van der Waals surface area contributed by atoms with Crippen LogP contribution in [0.1, 0.15) is 50.5 Å². The highest BCUT2D eigenvalue weighted by molar-refractivity contribution is 5.78. The quantitative estimate of drug-likeness (QED) is 0.684. The topological polar surface area (TPSA) is 41.6 Å². The summed E-state index contributed by atoms with van der Waals surface area (Å²) in [4.78, 5) is 7.06. The lowest BCUT2D eigenvalue weighted by Gasteiger charge is -2.41. The number of hydrogen-bond donors (Lipinski definition) is 1. The second kappa shape index (κ2) is 6.50. The number of benzene rings is 1. The van der Waals surface area contributed by atoms with E-state index in [0.29, 0.717) is 0 Å². The minimum absolute atomic E-state index is 0.248. The van der Waals surface area contributed by atoms with Crippen LogP contribution in [0.3, 0.4) is 0 Å². The first-order chi connectivity index (χ1) is 10.3. The lowest BCUT2D eigenvalue weighted by atomic mass is 9.64. The van der Waals surface area contributed by atoms with Gasteiger partial charge in [0.15, 0.2) is 5.96 Å². The number of rotatable bonds is 3. The monoisotopic (exact) mass is 285 g/mol. The van der Waals surface area contributed by atoms with Crippen molar-refractivity contribution in [3.8, 4) is 0 Å². The standard InChI is InChI=1S/C18H27N3/c19-17(21-13-6-1-2-7-14-21)20-15-18(11-8-12-18)16-9-4-3-5-10-16/h3-5,9-10H,1-2,6-8,11-15H2,(H2,19,20). The molecule has 0 spiro atoms. The van der Waals surface area contributed by atoms with Gasteiger partial charge in [-0.25, -0.2) is 0 Å². The average Bonchev–Trinajstić information content (AvgIpc) is 2.76. The SMILES string of the molecule is NC(=NCC1(c2ccccc2)CCC1)N1CCCCCC1. The third-order valence-corrected chi connectivity index (χ3v) is 5.17. The maximum Gasteiger partial charge on any atom is 0.191 e. The molecule has 0 radical (unpaired) electrons. The molecular formula is C18H27N3. The minimum atomic E-state index is 0.248. The Morgan fingerprint density at radius 3 is 2.24 bits per heavy atom. The molecule has 114 valence electrons. The van der Waals surface area contributed by atoms with E-state index in [1.807, 2.05) is 0 Å². The molecule has 1 aromatic rings. The summed E-state index contributed by atoms with van der Waals surface area (Å²) in [6.07, 6.45) is 8.96. The fourth-order valence-electron chi connectivity index (χ4n) is 3.57. The van der Waals surface area contributed by atoms with Crippen LogP contribution in [-0.4, -0.2) is 30.5 Å². The maximum atomic E-state index is 6.26. The van der Waals surface area contributed by atoms with Gasteiger partial charge in [-0.05, 0) is 31.2 Å². The Bertz CT molecular complexity index is 468. The molecule has 0 amide bonds. The fraction of sp³-hybridized carbons (Fsp3) is 0.611. The van der Waals surface area contributed by atoms with Crippen molar-refractivity contribution in [1.29, 1.82) is 0 Å². The summed E-state index contributed by atoms with van der Waals surface area (Å²) < 4.78 is 0. The molecule has 1 saturated carbocycles. The predicted octanol–water partition coefficient (Wildman–Crippen LogP) is 3.30. The van der Waals surface area contributed by atoms with Crippen molar-refractivity contribution in [3.05, 3.63) is 35.9 Å². The van der Waals surface area contributed by atoms with Crippen LogP contribution in [0.15, 0.2) is 35.3 Å². The molecule has 0 unspecified atom stereocenters. The van der Waals surface area contributed by atoms with Crippen molar-refractivity contribution in [2.75, 3.05) is 19.6 Å². The van der Waals surface area contributed by atoms with E-state index < -0.39 is 0 Å². The molecular weight excluding hydrogens is 258 g/mol. The lowest BCUT2D eigenvalue weighted by molar-refractivity contribution is 0.252. The largest absolute Gasteiger partial charge is 0.370 e. The van der Waals surface area contributed by atoms with Gasteiger partial charge in [0.05, 0.1) is 6.54 Å². The van der Waals surface area contributed by atoms with Crippen LogP contribution in [0.25, 0.3) is 0 Å². The molecule has 2 aliphatic rings. The molecule has 0 bridgehead atoms. The molecule has 3 rings (SSSR count). The van der Waals surface area contributed by atoms with Gasteiger partial charge in [0.25, 0.3) is 0 Å². The van der Waals surface area contributed by atoms with Crippen LogP contribution in [0.4, 0.5) is 0 Å². The van der Waals surface area contributed by atoms with Crippen LogP contribution in [0.2, 0.25) is 0 Å². The molecule has 2 fully saturated rings. The van der Waals surface area contributed by atoms with Crippen LogP contribution in [-0.2, 0) is 5.41 Å². The number of aliphatic imine (C=N–C) groups is 1. The maximum absolute atomic E-state index is 6.26. The highest BCUT2D eigenvalue weighted by Gasteiger charge is 2.38. The predicted molar refractivity (Wildman–Crippen MR) is 88.5 cm³/mol. The van der Waals surface area contributed by atoms with E-state index in [1.165, 1.54) is 50.5 Å². The van der Waals surface area contributed by atoms with Crippen LogP contribution >= 0.6 is 0 Å². The first kappa shape index (κ1) is 14.4. The smallest absolute Gasteiger partial charge is 0.191 e. The van der Waals surface area contributed by atoms with E-state index in [0.717, 1.165) is 25.6 Å². The molecule has 21 heavy (non-hydrogen) atoms. The first-order valence-electron chi connectivity index (χ1n) is 8.41. The van der Waals surface area contributed by atoms with Gasteiger partial charge in [0.1, 0.15) is 0 Å². The summed E-state index contributed by atoms with van der Waals surface area (Å²) in [6, 6.07) is 10.9. The Kier molecular flexibility index (Phi) is 4.47. The summed E-state index contributed by atoms with van der Waals surface area (Å²) in [5.41, 5.74) is 7.94. The molecule has 1 heterocycles. The number of nitrogens with zero attached hydrogens (tertiary/aromatic N) is 2. The summed E-state index contributed by atoms with van der Waals surface area (Å²) in [6.45, 7) is 3.00. The fourth-order valence-corrected chi connectivity index (χ4v) is 3.57. The van der Waals surface area contributed by atoms with Crippen LogP contribution in [0, 0.1) is 0 Å². The highest BCUT2D eigenvalue weighted by Crippen LogP contribution is 2.43. The lowest BCUT2D eigenvalue weighted by Crippen LogP contribution is -2.42. The van der Waals surface area contributed by atoms with E-state index in [4.69, 9.17) is 10.7 Å². The molecule has 0 aromatic heterocycles. The molecule has 0 atom stereocenters. The first-order valence-corrected chi connectivity index (χ1v) is 8.41. The van der Waals surface area contributed by atoms with Crippen molar-refractivity contribution in [2.24, 2.45) is 10.7 Å². The van der Waals surface area contributed by atoms with Crippen LogP contribution in [0.5, 0.6) is 0 Å². The summed E-state index contributed by atoms with van der Waals surface area (Å²) in [7, 11) is 0. The average molecular weight is 285 g/mol. The zero-order valence-corrected chi connectivity index (χ0v) is 12.9. The van der Waals surface area contributed by atoms with E-state index in [2.05, 4.69) is 35.2 Å². The zero-order chi connectivity index (χ0) is 14.5. The van der Waals surface area contributed by atoms with Crippen molar-refractivity contribution in [3.63, 3.8) is 0 Å². The minimum Gasteiger partial charge on any atom is -0.370 e. The Morgan fingerprint density at radius 1 is 1.00 bits per heavy atom. The van der Waals surface area contributed by atoms with Crippen molar-refractivity contribution in [1.82, 2.24) is 4.90 Å². The third kappa shape index (κ3) is 3.22. The zero-order valence-electron chi connectivity index (χ0n) is 12.9. The van der Waals surface area contributed by atoms with Crippen molar-refractivity contribution in [2.45, 2.75) is 50.4 Å². The van der Waals surface area contributed by atoms with Crippen LogP contribution < -0.4 is 5.73 Å². The van der Waals surface area contributed by atoms with E-state index in [1.54, 1.807) is 0 Å². The van der Waals surface area contributed by atoms with Gasteiger partial charge in [-0.1, -0.05) is 49.6 Å². The number of guanidine groups is 1. The number of hydrogen-bond acceptors (Lipinski definition) is 1. The Labute approximate surface area is 128 Å². The molecule has 3 heteroatoms. The van der Waals surface area contributed by atoms with Gasteiger partial charge in [0, 0.05) is 18.5 Å². The highest BCUT2D eigenvalue weighted by atomic mass is 15.2. The van der Waals surface area contributed by atoms with Gasteiger partial charge in [-0.3, -0.25) is 4.99 Å². The van der Waals surface area contributed by atoms with E-state index in [9.17, 15) is 0 Å². The van der Waals surface area contributed by atoms with Crippen molar-refractivity contribution >= 4 is 5.96 Å². The Balaban J connectivity index is 1.68. The number of nitrogens with two attached hydrogens (primary N) is 1. The van der Waals surface area contributed by atoms with Gasteiger partial charge < -0.3 is 10.6 Å². The molecule has 1 saturated heterocycles. The van der Waals surface area contributed by atoms with Gasteiger partial charge in [-0.15, -0.1) is 0 Å². The molecule has 3 nitrogen and oxygen atoms in total. The molecule has 1 aliphatic heterocycles. The van der Waals surface area contributed by atoms with Gasteiger partial charge in [-0.2, -0.15) is 0 Å². The Morgan fingerprint density at radius 2 is 1.67 bits per heavy atom. The normalized spacial score (nSPS) is 22.5. The second-order valence-electron chi connectivity index (χ2n) is 6.58. The second-order valence-corrected chi connectivity index (χ2v) is 6.58. The number of likely N-dealkylation sites (tertiary alicyclic amines) is 1. The molecule has 2 N–H and O–H groups in total. The van der Waals surface area contributed by atoms with Gasteiger partial charge in [0.2, 0.25) is 0 Å². The van der Waals surface area contributed by atoms with Gasteiger partial charge >= 0.3 is 0 Å². The third-order valence-electron chi connectivity index (χ3n) is 5.17. The summed E-state index contributed by atoms with van der Waals surface area (Å²) in [5, 5.41) is 0.